The Morgan fingerprint density at radius 2 is 2.00 bits per heavy atom. The van der Waals surface area contributed by atoms with Crippen molar-refractivity contribution >= 4 is 17.4 Å². The van der Waals surface area contributed by atoms with E-state index < -0.39 is 5.97 Å². The van der Waals surface area contributed by atoms with Gasteiger partial charge in [0.15, 0.2) is 0 Å². The minimum atomic E-state index is -1.12. The molecule has 1 aliphatic heterocycles. The third-order valence-electron chi connectivity index (χ3n) is 2.56. The van der Waals surface area contributed by atoms with E-state index in [1.807, 2.05) is 0 Å². The smallest absolute Gasteiger partial charge is 0.352 e. The number of methoxy groups -OCH3 is 1. The van der Waals surface area contributed by atoms with E-state index in [4.69, 9.17) is 9.84 Å². The van der Waals surface area contributed by atoms with Gasteiger partial charge in [-0.3, -0.25) is 4.79 Å². The molecule has 5 nitrogen and oxygen atoms in total. The Labute approximate surface area is 97.7 Å². The normalized spacial score (nSPS) is 14.8. The van der Waals surface area contributed by atoms with E-state index >= 15 is 0 Å². The highest BCUT2D eigenvalue weighted by atomic mass is 16.5. The van der Waals surface area contributed by atoms with Crippen LogP contribution in [-0.4, -0.2) is 24.1 Å². The third-order valence-corrected chi connectivity index (χ3v) is 2.56. The van der Waals surface area contributed by atoms with Gasteiger partial charge in [0.05, 0.1) is 13.5 Å². The number of benzene rings is 1. The number of carbonyl (C=O) groups excluding carboxylic acids is 1. The van der Waals surface area contributed by atoms with Gasteiger partial charge in [-0.1, -0.05) is 12.1 Å². The number of carboxylic acids is 1. The average Bonchev–Trinajstić information content (AvgIpc) is 2.72. The first-order chi connectivity index (χ1) is 8.11. The van der Waals surface area contributed by atoms with E-state index in [0.29, 0.717) is 16.9 Å². The fourth-order valence-electron chi connectivity index (χ4n) is 1.73. The molecule has 0 bridgehead atoms. The molecule has 0 aromatic heterocycles. The summed E-state index contributed by atoms with van der Waals surface area (Å²) in [4.78, 5) is 22.2. The second kappa shape index (κ2) is 4.29. The predicted molar refractivity (Wildman–Crippen MR) is 60.3 cm³/mol. The van der Waals surface area contributed by atoms with Crippen molar-refractivity contribution in [2.24, 2.45) is 0 Å². The van der Waals surface area contributed by atoms with Crippen molar-refractivity contribution in [2.75, 3.05) is 7.11 Å². The first kappa shape index (κ1) is 11.2. The number of carboxylic acid groups (broad SMARTS) is 1. The van der Waals surface area contributed by atoms with Crippen molar-refractivity contribution in [1.29, 1.82) is 0 Å². The van der Waals surface area contributed by atoms with Gasteiger partial charge in [0, 0.05) is 0 Å². The number of amides is 1. The SMILES string of the molecule is COc1ccc(C2=C(C(=O)O)NC(=O)C2)cc1. The summed E-state index contributed by atoms with van der Waals surface area (Å²) >= 11 is 0. The maximum absolute atomic E-state index is 11.2. The standard InChI is InChI=1S/C12H11NO4/c1-17-8-4-2-7(3-5-8)9-6-10(14)13-11(9)12(15)16/h2-5H,6H2,1H3,(H,13,14)(H,15,16). The van der Waals surface area contributed by atoms with E-state index in [1.165, 1.54) is 0 Å². The molecule has 88 valence electrons. The molecule has 0 radical (unpaired) electrons. The molecule has 0 spiro atoms. The lowest BCUT2D eigenvalue weighted by atomic mass is 10.0. The van der Waals surface area contributed by atoms with Gasteiger partial charge in [0.1, 0.15) is 11.4 Å². The summed E-state index contributed by atoms with van der Waals surface area (Å²) in [6.07, 6.45) is 0.0912. The van der Waals surface area contributed by atoms with Crippen molar-refractivity contribution in [3.05, 3.63) is 35.5 Å². The lowest BCUT2D eigenvalue weighted by Gasteiger charge is -2.04. The van der Waals surface area contributed by atoms with Gasteiger partial charge in [0.25, 0.3) is 0 Å². The van der Waals surface area contributed by atoms with Crippen LogP contribution in [0.2, 0.25) is 0 Å². The summed E-state index contributed by atoms with van der Waals surface area (Å²) in [5, 5.41) is 11.3. The zero-order valence-electron chi connectivity index (χ0n) is 9.19. The van der Waals surface area contributed by atoms with E-state index in [0.717, 1.165) is 0 Å². The van der Waals surface area contributed by atoms with Crippen LogP contribution in [0.1, 0.15) is 12.0 Å². The van der Waals surface area contributed by atoms with Crippen LogP contribution in [0.3, 0.4) is 0 Å². The molecule has 1 aromatic carbocycles. The Hall–Kier alpha value is -2.30. The number of hydrogen-bond acceptors (Lipinski definition) is 3. The highest BCUT2D eigenvalue weighted by molar-refractivity contribution is 6.08. The topological polar surface area (TPSA) is 75.6 Å². The Bertz CT molecular complexity index is 502. The van der Waals surface area contributed by atoms with Crippen molar-refractivity contribution in [3.63, 3.8) is 0 Å². The van der Waals surface area contributed by atoms with Crippen molar-refractivity contribution < 1.29 is 19.4 Å². The molecule has 0 saturated heterocycles. The van der Waals surface area contributed by atoms with Crippen LogP contribution in [0.5, 0.6) is 5.75 Å². The summed E-state index contributed by atoms with van der Waals surface area (Å²) in [6, 6.07) is 6.92. The van der Waals surface area contributed by atoms with Crippen LogP contribution in [0.25, 0.3) is 5.57 Å². The van der Waals surface area contributed by atoms with Gasteiger partial charge in [0.2, 0.25) is 5.91 Å². The van der Waals surface area contributed by atoms with Crippen molar-refractivity contribution in [1.82, 2.24) is 5.32 Å². The van der Waals surface area contributed by atoms with Gasteiger partial charge in [-0.2, -0.15) is 0 Å². The number of hydrogen-bond donors (Lipinski definition) is 2. The molecular formula is C12H11NO4. The lowest BCUT2D eigenvalue weighted by molar-refractivity contribution is -0.134. The Kier molecular flexibility index (Phi) is 2.82. The Morgan fingerprint density at radius 1 is 1.35 bits per heavy atom. The second-order valence-electron chi connectivity index (χ2n) is 3.61. The highest BCUT2D eigenvalue weighted by Crippen LogP contribution is 2.27. The zero-order valence-corrected chi connectivity index (χ0v) is 9.19. The molecule has 0 unspecified atom stereocenters. The summed E-state index contributed by atoms with van der Waals surface area (Å²) in [7, 11) is 1.55. The van der Waals surface area contributed by atoms with Gasteiger partial charge < -0.3 is 15.2 Å². The van der Waals surface area contributed by atoms with Crippen LogP contribution in [-0.2, 0) is 9.59 Å². The minimum Gasteiger partial charge on any atom is -0.497 e. The van der Waals surface area contributed by atoms with Gasteiger partial charge in [-0.15, -0.1) is 0 Å². The molecule has 2 rings (SSSR count). The number of aliphatic carboxylic acids is 1. The van der Waals surface area contributed by atoms with Crippen LogP contribution in [0, 0.1) is 0 Å². The molecule has 5 heteroatoms. The van der Waals surface area contributed by atoms with Gasteiger partial charge in [-0.05, 0) is 23.3 Å². The maximum Gasteiger partial charge on any atom is 0.352 e. The Balaban J connectivity index is 2.40. The van der Waals surface area contributed by atoms with E-state index in [-0.39, 0.29) is 18.0 Å². The molecule has 0 aliphatic carbocycles. The maximum atomic E-state index is 11.2. The third kappa shape index (κ3) is 2.13. The first-order valence-electron chi connectivity index (χ1n) is 5.02. The molecule has 0 saturated carbocycles. The van der Waals surface area contributed by atoms with Crippen LogP contribution >= 0.6 is 0 Å². The van der Waals surface area contributed by atoms with Gasteiger partial charge in [-0.25, -0.2) is 4.79 Å². The van der Waals surface area contributed by atoms with Crippen LogP contribution < -0.4 is 10.1 Å². The minimum absolute atomic E-state index is 0.0415. The molecule has 0 atom stereocenters. The average molecular weight is 233 g/mol. The van der Waals surface area contributed by atoms with Crippen LogP contribution in [0.15, 0.2) is 30.0 Å². The summed E-state index contributed by atoms with van der Waals surface area (Å²) in [5.74, 6) is -0.738. The molecule has 2 N–H and O–H groups in total. The van der Waals surface area contributed by atoms with Gasteiger partial charge >= 0.3 is 5.97 Å². The second-order valence-corrected chi connectivity index (χ2v) is 3.61. The predicted octanol–water partition coefficient (Wildman–Crippen LogP) is 1.01. The molecule has 1 aliphatic rings. The fraction of sp³-hybridized carbons (Fsp3) is 0.167. The molecular weight excluding hydrogens is 222 g/mol. The summed E-state index contributed by atoms with van der Waals surface area (Å²) < 4.78 is 5.01. The molecule has 0 fully saturated rings. The quantitative estimate of drug-likeness (QED) is 0.817. The molecule has 1 heterocycles. The highest BCUT2D eigenvalue weighted by Gasteiger charge is 2.26. The molecule has 17 heavy (non-hydrogen) atoms. The number of rotatable bonds is 3. The largest absolute Gasteiger partial charge is 0.497 e. The molecule has 1 aromatic rings. The first-order valence-corrected chi connectivity index (χ1v) is 5.02. The summed E-state index contributed by atoms with van der Waals surface area (Å²) in [6.45, 7) is 0. The van der Waals surface area contributed by atoms with Crippen molar-refractivity contribution in [2.45, 2.75) is 6.42 Å². The van der Waals surface area contributed by atoms with E-state index in [2.05, 4.69) is 5.32 Å². The number of ether oxygens (including phenoxy) is 1. The Morgan fingerprint density at radius 3 is 2.53 bits per heavy atom. The monoisotopic (exact) mass is 233 g/mol. The van der Waals surface area contributed by atoms with Crippen molar-refractivity contribution in [3.8, 4) is 5.75 Å². The fourth-order valence-corrected chi connectivity index (χ4v) is 1.73. The summed E-state index contributed by atoms with van der Waals surface area (Å²) in [5.41, 5.74) is 1.17. The lowest BCUT2D eigenvalue weighted by Crippen LogP contribution is -2.20. The molecule has 1 amide bonds. The van der Waals surface area contributed by atoms with E-state index in [1.54, 1.807) is 31.4 Å². The van der Waals surface area contributed by atoms with E-state index in [9.17, 15) is 9.59 Å². The van der Waals surface area contributed by atoms with Crippen LogP contribution in [0.4, 0.5) is 0 Å². The number of nitrogens with one attached hydrogen (secondary N) is 1. The zero-order chi connectivity index (χ0) is 12.4. The number of carbonyl (C=O) groups is 2.